The van der Waals surface area contributed by atoms with E-state index in [1.807, 2.05) is 20.8 Å². The minimum absolute atomic E-state index is 0.142. The lowest BCUT2D eigenvalue weighted by molar-refractivity contribution is 0.102. The predicted molar refractivity (Wildman–Crippen MR) is 80.7 cm³/mol. The van der Waals surface area contributed by atoms with Gasteiger partial charge in [-0.15, -0.1) is 0 Å². The summed E-state index contributed by atoms with van der Waals surface area (Å²) in [4.78, 5) is 16.4. The highest BCUT2D eigenvalue weighted by Crippen LogP contribution is 2.22. The third kappa shape index (κ3) is 3.03. The van der Waals surface area contributed by atoms with Crippen LogP contribution in [0, 0.1) is 20.8 Å². The molecule has 20 heavy (non-hydrogen) atoms. The highest BCUT2D eigenvalue weighted by atomic mass is 16.1. The maximum Gasteiger partial charge on any atom is 0.255 e. The predicted octanol–water partition coefficient (Wildman–Crippen LogP) is 2.72. The first kappa shape index (κ1) is 14.2. The summed E-state index contributed by atoms with van der Waals surface area (Å²) >= 11 is 0. The van der Waals surface area contributed by atoms with Gasteiger partial charge in [-0.1, -0.05) is 17.7 Å². The van der Waals surface area contributed by atoms with Crippen molar-refractivity contribution in [1.29, 1.82) is 0 Å². The number of hydrogen-bond acceptors (Lipinski definition) is 3. The van der Waals surface area contributed by atoms with Gasteiger partial charge in [-0.25, -0.2) is 0 Å². The van der Waals surface area contributed by atoms with E-state index in [1.54, 1.807) is 18.3 Å². The van der Waals surface area contributed by atoms with Crippen LogP contribution in [0.25, 0.3) is 0 Å². The molecule has 104 valence electrons. The van der Waals surface area contributed by atoms with E-state index in [0.29, 0.717) is 17.8 Å². The lowest BCUT2D eigenvalue weighted by Crippen LogP contribution is -2.15. The van der Waals surface area contributed by atoms with E-state index in [0.717, 1.165) is 16.8 Å². The van der Waals surface area contributed by atoms with Crippen LogP contribution in [0.4, 0.5) is 5.69 Å². The molecule has 1 aromatic carbocycles. The molecule has 0 atom stereocenters. The lowest BCUT2D eigenvalue weighted by atomic mass is 10.0. The molecule has 4 heteroatoms. The third-order valence-electron chi connectivity index (χ3n) is 3.20. The zero-order valence-corrected chi connectivity index (χ0v) is 12.0. The second-order valence-electron chi connectivity index (χ2n) is 4.97. The number of nitrogens with one attached hydrogen (secondary N) is 1. The Balaban J connectivity index is 2.28. The summed E-state index contributed by atoms with van der Waals surface area (Å²) in [5, 5.41) is 2.97. The fourth-order valence-corrected chi connectivity index (χ4v) is 2.29. The highest BCUT2D eigenvalue weighted by Gasteiger charge is 2.10. The van der Waals surface area contributed by atoms with E-state index >= 15 is 0 Å². The van der Waals surface area contributed by atoms with Gasteiger partial charge in [-0.2, -0.15) is 0 Å². The summed E-state index contributed by atoms with van der Waals surface area (Å²) in [6, 6.07) is 7.52. The highest BCUT2D eigenvalue weighted by molar-refractivity contribution is 6.05. The zero-order valence-electron chi connectivity index (χ0n) is 12.0. The van der Waals surface area contributed by atoms with Crippen molar-refractivity contribution in [3.05, 3.63) is 58.4 Å². The number of carbonyl (C=O) groups excluding carboxylic acids is 1. The lowest BCUT2D eigenvalue weighted by Gasteiger charge is -2.13. The first-order chi connectivity index (χ1) is 9.51. The minimum atomic E-state index is -0.142. The molecule has 4 nitrogen and oxygen atoms in total. The van der Waals surface area contributed by atoms with E-state index in [9.17, 15) is 4.79 Å². The summed E-state index contributed by atoms with van der Waals surface area (Å²) in [6.07, 6.45) is 1.60. The Morgan fingerprint density at radius 2 is 1.85 bits per heavy atom. The number of anilines is 1. The van der Waals surface area contributed by atoms with Gasteiger partial charge in [-0.3, -0.25) is 9.78 Å². The zero-order chi connectivity index (χ0) is 14.7. The molecule has 0 aliphatic heterocycles. The molecule has 0 aliphatic rings. The fraction of sp³-hybridized carbons (Fsp3) is 0.250. The van der Waals surface area contributed by atoms with Crippen molar-refractivity contribution >= 4 is 11.6 Å². The molecule has 0 saturated carbocycles. The van der Waals surface area contributed by atoms with Crippen molar-refractivity contribution in [3.63, 3.8) is 0 Å². The van der Waals surface area contributed by atoms with Crippen molar-refractivity contribution in [1.82, 2.24) is 4.98 Å². The van der Waals surface area contributed by atoms with E-state index in [4.69, 9.17) is 5.73 Å². The van der Waals surface area contributed by atoms with E-state index in [-0.39, 0.29) is 5.91 Å². The molecule has 1 amide bonds. The van der Waals surface area contributed by atoms with Gasteiger partial charge in [0, 0.05) is 24.0 Å². The van der Waals surface area contributed by atoms with Crippen LogP contribution in [0.15, 0.2) is 30.5 Å². The van der Waals surface area contributed by atoms with Crippen molar-refractivity contribution < 1.29 is 4.79 Å². The number of aromatic nitrogens is 1. The molecule has 0 aliphatic carbocycles. The van der Waals surface area contributed by atoms with Gasteiger partial charge in [-0.05, 0) is 44.0 Å². The molecule has 0 spiro atoms. The molecule has 2 aromatic rings. The average molecular weight is 269 g/mol. The molecule has 0 bridgehead atoms. The number of hydrogen-bond donors (Lipinski definition) is 2. The number of amides is 1. The fourth-order valence-electron chi connectivity index (χ4n) is 2.29. The van der Waals surface area contributed by atoms with Gasteiger partial charge in [0.1, 0.15) is 0 Å². The molecule has 3 N–H and O–H groups in total. The van der Waals surface area contributed by atoms with Crippen LogP contribution in [0.2, 0.25) is 0 Å². The Labute approximate surface area is 119 Å². The summed E-state index contributed by atoms with van der Waals surface area (Å²) in [7, 11) is 0. The maximum atomic E-state index is 12.3. The van der Waals surface area contributed by atoms with Crippen molar-refractivity contribution in [2.24, 2.45) is 5.73 Å². The molecule has 0 fully saturated rings. The van der Waals surface area contributed by atoms with Gasteiger partial charge in [0.05, 0.1) is 5.69 Å². The van der Waals surface area contributed by atoms with Crippen LogP contribution < -0.4 is 11.1 Å². The van der Waals surface area contributed by atoms with Crippen molar-refractivity contribution in [2.45, 2.75) is 27.3 Å². The van der Waals surface area contributed by atoms with Crippen LogP contribution in [-0.4, -0.2) is 10.9 Å². The number of aryl methyl sites for hydroxylation is 3. The number of pyridine rings is 1. The minimum Gasteiger partial charge on any atom is -0.325 e. The first-order valence-electron chi connectivity index (χ1n) is 6.55. The monoisotopic (exact) mass is 269 g/mol. The van der Waals surface area contributed by atoms with Gasteiger partial charge in [0.15, 0.2) is 0 Å². The topological polar surface area (TPSA) is 68.0 Å². The maximum absolute atomic E-state index is 12.3. The van der Waals surface area contributed by atoms with Crippen molar-refractivity contribution in [2.75, 3.05) is 5.32 Å². The summed E-state index contributed by atoms with van der Waals surface area (Å²) in [6.45, 7) is 6.35. The molecular weight excluding hydrogens is 250 g/mol. The molecular formula is C16H19N3O. The molecule has 2 rings (SSSR count). The molecule has 1 heterocycles. The van der Waals surface area contributed by atoms with Gasteiger partial charge < -0.3 is 11.1 Å². The summed E-state index contributed by atoms with van der Waals surface area (Å²) in [5.74, 6) is -0.142. The Morgan fingerprint density at radius 3 is 2.45 bits per heavy atom. The SMILES string of the molecule is Cc1cc(C)c(NC(=O)c2ccnc(CN)c2)c(C)c1. The van der Waals surface area contributed by atoms with Gasteiger partial charge in [0.2, 0.25) is 0 Å². The smallest absolute Gasteiger partial charge is 0.255 e. The Kier molecular flexibility index (Phi) is 4.15. The number of rotatable bonds is 3. The number of benzene rings is 1. The van der Waals surface area contributed by atoms with Gasteiger partial charge in [0.25, 0.3) is 5.91 Å². The summed E-state index contributed by atoms with van der Waals surface area (Å²) < 4.78 is 0. The first-order valence-corrected chi connectivity index (χ1v) is 6.55. The van der Waals surface area contributed by atoms with E-state index in [1.165, 1.54) is 5.56 Å². The van der Waals surface area contributed by atoms with Gasteiger partial charge >= 0.3 is 0 Å². The average Bonchev–Trinajstić information content (AvgIpc) is 2.42. The second kappa shape index (κ2) is 5.84. The number of carbonyl (C=O) groups is 1. The van der Waals surface area contributed by atoms with Crippen LogP contribution >= 0.6 is 0 Å². The van der Waals surface area contributed by atoms with E-state index in [2.05, 4.69) is 22.4 Å². The Hall–Kier alpha value is -2.20. The number of nitrogens with two attached hydrogens (primary N) is 1. The van der Waals surface area contributed by atoms with Crippen molar-refractivity contribution in [3.8, 4) is 0 Å². The Morgan fingerprint density at radius 1 is 1.20 bits per heavy atom. The largest absolute Gasteiger partial charge is 0.325 e. The second-order valence-corrected chi connectivity index (χ2v) is 4.97. The van der Waals surface area contributed by atoms with E-state index < -0.39 is 0 Å². The van der Waals surface area contributed by atoms with Crippen LogP contribution in [0.3, 0.4) is 0 Å². The summed E-state index contributed by atoms with van der Waals surface area (Å²) in [5.41, 5.74) is 11.0. The third-order valence-corrected chi connectivity index (χ3v) is 3.20. The van der Waals surface area contributed by atoms with Crippen LogP contribution in [0.5, 0.6) is 0 Å². The van der Waals surface area contributed by atoms with Crippen LogP contribution in [0.1, 0.15) is 32.7 Å². The quantitative estimate of drug-likeness (QED) is 0.900. The standard InChI is InChI=1S/C16H19N3O/c1-10-6-11(2)15(12(3)7-10)19-16(20)13-4-5-18-14(8-13)9-17/h4-8H,9,17H2,1-3H3,(H,19,20). The molecule has 0 unspecified atom stereocenters. The number of nitrogens with zero attached hydrogens (tertiary/aromatic N) is 1. The van der Waals surface area contributed by atoms with Crippen LogP contribution in [-0.2, 0) is 6.54 Å². The molecule has 0 radical (unpaired) electrons. The molecule has 0 saturated heterocycles. The molecule has 1 aromatic heterocycles. The normalized spacial score (nSPS) is 10.4. The Bertz CT molecular complexity index is 627.